The van der Waals surface area contributed by atoms with Crippen LogP contribution in [0.5, 0.6) is 0 Å². The van der Waals surface area contributed by atoms with E-state index in [1.807, 2.05) is 16.8 Å². The Morgan fingerprint density at radius 1 is 1.61 bits per heavy atom. The van der Waals surface area contributed by atoms with Crippen molar-refractivity contribution in [3.63, 3.8) is 0 Å². The van der Waals surface area contributed by atoms with Crippen LogP contribution in [0.25, 0.3) is 0 Å². The molecule has 0 aliphatic heterocycles. The van der Waals surface area contributed by atoms with Gasteiger partial charge in [-0.15, -0.1) is 0 Å². The smallest absolute Gasteiger partial charge is 0.268 e. The molecule has 1 amide bonds. The molecule has 0 bridgehead atoms. The van der Waals surface area contributed by atoms with Crippen LogP contribution in [0.15, 0.2) is 33.5 Å². The van der Waals surface area contributed by atoms with Gasteiger partial charge in [0.1, 0.15) is 5.69 Å². The molecule has 2 rings (SSSR count). The van der Waals surface area contributed by atoms with Gasteiger partial charge in [-0.3, -0.25) is 4.79 Å². The van der Waals surface area contributed by atoms with Crippen LogP contribution in [0, 0.1) is 0 Å². The van der Waals surface area contributed by atoms with Crippen molar-refractivity contribution in [1.82, 2.24) is 15.0 Å². The number of carbonyl (C=O) groups is 1. The van der Waals surface area contributed by atoms with Crippen LogP contribution in [0.4, 0.5) is 0 Å². The number of rotatable bonds is 5. The van der Waals surface area contributed by atoms with Gasteiger partial charge in [0.25, 0.3) is 5.91 Å². The van der Waals surface area contributed by atoms with E-state index in [1.165, 1.54) is 0 Å². The zero-order valence-electron chi connectivity index (χ0n) is 10.0. The first-order valence-electron chi connectivity index (χ1n) is 5.74. The monoisotopic (exact) mass is 311 g/mol. The Bertz CT molecular complexity index is 519. The van der Waals surface area contributed by atoms with Gasteiger partial charge in [-0.1, -0.05) is 12.1 Å². The topological polar surface area (TPSA) is 60.1 Å². The molecule has 0 radical (unpaired) electrons. The fourth-order valence-corrected chi connectivity index (χ4v) is 2.15. The van der Waals surface area contributed by atoms with Crippen LogP contribution in [0.1, 0.15) is 29.6 Å². The first-order valence-corrected chi connectivity index (χ1v) is 6.53. The lowest BCUT2D eigenvalue weighted by Crippen LogP contribution is -2.25. The molecule has 18 heavy (non-hydrogen) atoms. The Labute approximate surface area is 113 Å². The maximum absolute atomic E-state index is 12.0. The molecular weight excluding hydrogens is 298 g/mol. The van der Waals surface area contributed by atoms with Gasteiger partial charge in [-0.05, 0) is 28.4 Å². The molecule has 2 heterocycles. The summed E-state index contributed by atoms with van der Waals surface area (Å²) >= 11 is 3.38. The van der Waals surface area contributed by atoms with Crippen LogP contribution >= 0.6 is 15.9 Å². The van der Waals surface area contributed by atoms with Gasteiger partial charge in [0, 0.05) is 23.3 Å². The second kappa shape index (κ2) is 5.86. The van der Waals surface area contributed by atoms with E-state index in [4.69, 9.17) is 4.52 Å². The van der Waals surface area contributed by atoms with Crippen LogP contribution in [0.2, 0.25) is 0 Å². The number of nitrogens with one attached hydrogen (secondary N) is 1. The largest absolute Gasteiger partial charge is 0.360 e. The van der Waals surface area contributed by atoms with E-state index in [0.29, 0.717) is 18.0 Å². The van der Waals surface area contributed by atoms with Gasteiger partial charge in [0.15, 0.2) is 5.76 Å². The molecule has 0 aliphatic rings. The van der Waals surface area contributed by atoms with E-state index in [0.717, 1.165) is 17.4 Å². The fraction of sp³-hybridized carbons (Fsp3) is 0.333. The van der Waals surface area contributed by atoms with Crippen LogP contribution in [-0.2, 0) is 13.1 Å². The highest BCUT2D eigenvalue weighted by Crippen LogP contribution is 2.15. The molecule has 0 saturated carbocycles. The van der Waals surface area contributed by atoms with Crippen molar-refractivity contribution in [2.45, 2.75) is 26.4 Å². The first kappa shape index (κ1) is 12.9. The van der Waals surface area contributed by atoms with Gasteiger partial charge in [0.05, 0.1) is 12.7 Å². The molecule has 6 heteroatoms. The molecule has 0 aromatic carbocycles. The fourth-order valence-electron chi connectivity index (χ4n) is 1.68. The number of amides is 1. The minimum atomic E-state index is -0.120. The summed E-state index contributed by atoms with van der Waals surface area (Å²) < 4.78 is 7.76. The number of halogens is 1. The molecule has 2 aromatic rings. The third kappa shape index (κ3) is 3.01. The predicted molar refractivity (Wildman–Crippen MR) is 70.1 cm³/mol. The minimum Gasteiger partial charge on any atom is -0.360 e. The highest BCUT2D eigenvalue weighted by molar-refractivity contribution is 9.10. The average molecular weight is 312 g/mol. The van der Waals surface area contributed by atoms with Crippen molar-refractivity contribution in [2.24, 2.45) is 0 Å². The van der Waals surface area contributed by atoms with Crippen LogP contribution < -0.4 is 5.32 Å². The molecule has 0 aliphatic carbocycles. The van der Waals surface area contributed by atoms with Crippen molar-refractivity contribution < 1.29 is 9.32 Å². The number of aryl methyl sites for hydroxylation is 1. The summed E-state index contributed by atoms with van der Waals surface area (Å²) in [6, 6.07) is 3.53. The van der Waals surface area contributed by atoms with Crippen molar-refractivity contribution in [2.75, 3.05) is 0 Å². The minimum absolute atomic E-state index is 0.120. The lowest BCUT2D eigenvalue weighted by atomic mass is 10.3. The highest BCUT2D eigenvalue weighted by Gasteiger charge is 2.12. The Kier molecular flexibility index (Phi) is 4.19. The predicted octanol–water partition coefficient (Wildman–Crippen LogP) is 2.58. The zero-order valence-corrected chi connectivity index (χ0v) is 11.6. The summed E-state index contributed by atoms with van der Waals surface area (Å²) in [5.41, 5.74) is 0.642. The molecule has 0 fully saturated rings. The van der Waals surface area contributed by atoms with Gasteiger partial charge >= 0.3 is 0 Å². The summed E-state index contributed by atoms with van der Waals surface area (Å²) in [6.45, 7) is 3.23. The molecule has 0 atom stereocenters. The Balaban J connectivity index is 2.03. The van der Waals surface area contributed by atoms with E-state index < -0.39 is 0 Å². The third-order valence-electron chi connectivity index (χ3n) is 2.47. The summed E-state index contributed by atoms with van der Waals surface area (Å²) in [5.74, 6) is 0.515. The molecule has 0 spiro atoms. The average Bonchev–Trinajstić information content (AvgIpc) is 2.96. The molecule has 0 saturated heterocycles. The van der Waals surface area contributed by atoms with E-state index >= 15 is 0 Å². The first-order chi connectivity index (χ1) is 8.70. The van der Waals surface area contributed by atoms with Gasteiger partial charge in [-0.25, -0.2) is 0 Å². The standard InChI is InChI=1S/C12H14BrN3O2/c1-2-5-16-8-9(13)6-11(16)12(17)14-7-10-3-4-15-18-10/h3-4,6,8H,2,5,7H2,1H3,(H,14,17). The summed E-state index contributed by atoms with van der Waals surface area (Å²) in [6.07, 6.45) is 4.44. The summed E-state index contributed by atoms with van der Waals surface area (Å²) in [4.78, 5) is 12.0. The Morgan fingerprint density at radius 2 is 2.44 bits per heavy atom. The number of hydrogen-bond acceptors (Lipinski definition) is 3. The molecule has 0 unspecified atom stereocenters. The lowest BCUT2D eigenvalue weighted by Gasteiger charge is -2.07. The normalized spacial score (nSPS) is 10.6. The number of nitrogens with zero attached hydrogens (tertiary/aromatic N) is 2. The van der Waals surface area contributed by atoms with Gasteiger partial charge in [-0.2, -0.15) is 0 Å². The highest BCUT2D eigenvalue weighted by atomic mass is 79.9. The van der Waals surface area contributed by atoms with Crippen molar-refractivity contribution in [3.05, 3.63) is 40.5 Å². The lowest BCUT2D eigenvalue weighted by molar-refractivity contribution is 0.0937. The SMILES string of the molecule is CCCn1cc(Br)cc1C(=O)NCc1ccno1. The van der Waals surface area contributed by atoms with Gasteiger partial charge < -0.3 is 14.4 Å². The van der Waals surface area contributed by atoms with Crippen molar-refractivity contribution >= 4 is 21.8 Å². The van der Waals surface area contributed by atoms with Crippen LogP contribution in [0.3, 0.4) is 0 Å². The maximum Gasteiger partial charge on any atom is 0.268 e. The zero-order chi connectivity index (χ0) is 13.0. The van der Waals surface area contributed by atoms with E-state index in [9.17, 15) is 4.79 Å². The van der Waals surface area contributed by atoms with Crippen molar-refractivity contribution in [1.29, 1.82) is 0 Å². The number of carbonyl (C=O) groups excluding carboxylic acids is 1. The maximum atomic E-state index is 12.0. The Morgan fingerprint density at radius 3 is 3.11 bits per heavy atom. The molecule has 2 aromatic heterocycles. The van der Waals surface area contributed by atoms with Crippen LogP contribution in [-0.4, -0.2) is 15.6 Å². The quantitative estimate of drug-likeness (QED) is 0.923. The van der Waals surface area contributed by atoms with Gasteiger partial charge in [0.2, 0.25) is 0 Å². The molecular formula is C12H14BrN3O2. The molecule has 96 valence electrons. The summed E-state index contributed by atoms with van der Waals surface area (Å²) in [7, 11) is 0. The second-order valence-electron chi connectivity index (χ2n) is 3.90. The van der Waals surface area contributed by atoms with E-state index in [2.05, 4.69) is 33.3 Å². The van der Waals surface area contributed by atoms with E-state index in [-0.39, 0.29) is 5.91 Å². The molecule has 5 nitrogen and oxygen atoms in total. The van der Waals surface area contributed by atoms with E-state index in [1.54, 1.807) is 12.3 Å². The second-order valence-corrected chi connectivity index (χ2v) is 4.81. The molecule has 1 N–H and O–H groups in total. The van der Waals surface area contributed by atoms with Crippen molar-refractivity contribution in [3.8, 4) is 0 Å². The Hall–Kier alpha value is -1.56. The number of aromatic nitrogens is 2. The summed E-state index contributed by atoms with van der Waals surface area (Å²) in [5, 5.41) is 6.38. The third-order valence-corrected chi connectivity index (χ3v) is 2.91. The number of hydrogen-bond donors (Lipinski definition) is 1.